The molecule has 2 aromatic heterocycles. The highest BCUT2D eigenvalue weighted by atomic mass is 16.3. The molecule has 0 radical (unpaired) electrons. The van der Waals surface area contributed by atoms with Gasteiger partial charge in [0.1, 0.15) is 11.3 Å². The van der Waals surface area contributed by atoms with Gasteiger partial charge in [0.2, 0.25) is 0 Å². The van der Waals surface area contributed by atoms with Crippen LogP contribution in [-0.4, -0.2) is 11.8 Å². The summed E-state index contributed by atoms with van der Waals surface area (Å²) < 4.78 is 9.37. The van der Waals surface area contributed by atoms with Crippen LogP contribution in [0.25, 0.3) is 60.9 Å². The number of nitrogens with one attached hydrogen (secondary N) is 1. The lowest BCUT2D eigenvalue weighted by molar-refractivity contribution is 0.332. The van der Waals surface area contributed by atoms with E-state index in [1.807, 2.05) is 0 Å². The quantitative estimate of drug-likeness (QED) is 0.163. The van der Waals surface area contributed by atoms with Gasteiger partial charge in [0.15, 0.2) is 7.28 Å². The van der Waals surface area contributed by atoms with E-state index < -0.39 is 0 Å². The fourth-order valence-electron chi connectivity index (χ4n) is 10.8. The summed E-state index contributed by atoms with van der Waals surface area (Å²) in [5.41, 5.74) is 20.4. The zero-order chi connectivity index (χ0) is 43.3. The van der Waals surface area contributed by atoms with Gasteiger partial charge >= 0.3 is 0 Å². The maximum absolute atomic E-state index is 6.76. The van der Waals surface area contributed by atoms with E-state index in [-0.39, 0.29) is 10.8 Å². The summed E-state index contributed by atoms with van der Waals surface area (Å²) in [6.45, 7) is 11.9. The molecule has 0 saturated heterocycles. The summed E-state index contributed by atoms with van der Waals surface area (Å²) in [4.78, 5) is 2.48. The van der Waals surface area contributed by atoms with Crippen molar-refractivity contribution in [3.05, 3.63) is 193 Å². The van der Waals surface area contributed by atoms with Crippen LogP contribution in [0.4, 0.5) is 28.4 Å². The molecule has 0 bridgehead atoms. The second-order valence-electron chi connectivity index (χ2n) is 19.4. The zero-order valence-corrected chi connectivity index (χ0v) is 37.2. The van der Waals surface area contributed by atoms with Crippen molar-refractivity contribution in [3.63, 3.8) is 0 Å². The molecule has 0 fully saturated rings. The van der Waals surface area contributed by atoms with Gasteiger partial charge in [-0.1, -0.05) is 142 Å². The number of aromatic nitrogens is 1. The SMILES string of the molecule is Cc1ccc(Nc2ccccc2-c2cc(N(c3ccccc3)c3ccccc3)c3c4cc5c(cc4n4c3c2Bc2cc3cc(-c6ccccc6)oc3cc2-4)C(C)(C)CCC5(C)C)cc1. The van der Waals surface area contributed by atoms with Gasteiger partial charge in [-0.3, -0.25) is 0 Å². The van der Waals surface area contributed by atoms with Crippen LogP contribution in [0.2, 0.25) is 0 Å². The molecular formula is C59H50BN3O. The number of para-hydroxylation sites is 3. The number of fused-ring (bicyclic) bond motifs is 7. The van der Waals surface area contributed by atoms with Crippen molar-refractivity contribution in [1.29, 1.82) is 0 Å². The topological polar surface area (TPSA) is 33.3 Å². The van der Waals surface area contributed by atoms with Crippen LogP contribution in [0.3, 0.4) is 0 Å². The molecule has 1 N–H and O–H groups in total. The summed E-state index contributed by atoms with van der Waals surface area (Å²) in [5, 5.41) is 7.52. The van der Waals surface area contributed by atoms with Gasteiger partial charge in [0.05, 0.1) is 16.7 Å². The Morgan fingerprint density at radius 1 is 0.625 bits per heavy atom. The van der Waals surface area contributed by atoms with E-state index in [0.717, 1.165) is 70.9 Å². The molecule has 0 spiro atoms. The third-order valence-electron chi connectivity index (χ3n) is 14.3. The predicted octanol–water partition coefficient (Wildman–Crippen LogP) is 14.4. The Bertz CT molecular complexity index is 3400. The number of anilines is 5. The van der Waals surface area contributed by atoms with E-state index in [0.29, 0.717) is 0 Å². The number of hydrogen-bond acceptors (Lipinski definition) is 3. The largest absolute Gasteiger partial charge is 0.456 e. The Morgan fingerprint density at radius 2 is 1.25 bits per heavy atom. The minimum atomic E-state index is 0.0281. The van der Waals surface area contributed by atoms with Gasteiger partial charge in [-0.25, -0.2) is 0 Å². The normalized spacial score (nSPS) is 14.6. The molecule has 0 unspecified atom stereocenters. The summed E-state index contributed by atoms with van der Waals surface area (Å²) in [5.74, 6) is 0.886. The van der Waals surface area contributed by atoms with E-state index in [1.54, 1.807) is 0 Å². The van der Waals surface area contributed by atoms with Gasteiger partial charge in [-0.2, -0.15) is 0 Å². The van der Waals surface area contributed by atoms with Crippen LogP contribution in [0, 0.1) is 6.92 Å². The molecule has 3 heterocycles. The Balaban J connectivity index is 1.24. The molecule has 2 aliphatic rings. The number of hydrogen-bond donors (Lipinski definition) is 1. The Kier molecular flexibility index (Phi) is 8.65. The lowest BCUT2D eigenvalue weighted by Crippen LogP contribution is -2.37. The van der Waals surface area contributed by atoms with Crippen LogP contribution in [0.15, 0.2) is 180 Å². The van der Waals surface area contributed by atoms with Crippen molar-refractivity contribution in [3.8, 4) is 28.1 Å². The predicted molar refractivity (Wildman–Crippen MR) is 272 cm³/mol. The van der Waals surface area contributed by atoms with Crippen LogP contribution >= 0.6 is 0 Å². The molecule has 0 saturated carbocycles. The summed E-state index contributed by atoms with van der Waals surface area (Å²) >= 11 is 0. The number of benzene rings is 8. The Morgan fingerprint density at radius 3 is 1.94 bits per heavy atom. The molecule has 12 rings (SSSR count). The highest BCUT2D eigenvalue weighted by Crippen LogP contribution is 2.52. The molecule has 1 aliphatic carbocycles. The van der Waals surface area contributed by atoms with E-state index in [4.69, 9.17) is 4.42 Å². The van der Waals surface area contributed by atoms with Gasteiger partial charge < -0.3 is 19.2 Å². The lowest BCUT2D eigenvalue weighted by atomic mass is 9.58. The third kappa shape index (κ3) is 6.13. The second-order valence-corrected chi connectivity index (χ2v) is 19.4. The number of furan rings is 1. The van der Waals surface area contributed by atoms with Gasteiger partial charge in [-0.05, 0) is 119 Å². The lowest BCUT2D eigenvalue weighted by Gasteiger charge is -2.42. The summed E-state index contributed by atoms with van der Waals surface area (Å²) in [6, 6.07) is 64.4. The first-order valence-corrected chi connectivity index (χ1v) is 22.8. The van der Waals surface area contributed by atoms with Gasteiger partial charge in [-0.15, -0.1) is 0 Å². The second kappa shape index (κ2) is 14.4. The monoisotopic (exact) mass is 827 g/mol. The van der Waals surface area contributed by atoms with Gasteiger partial charge in [0.25, 0.3) is 0 Å². The number of nitrogens with zero attached hydrogens (tertiary/aromatic N) is 2. The maximum Gasteiger partial charge on any atom is 0.198 e. The molecule has 5 heteroatoms. The Labute approximate surface area is 376 Å². The molecule has 0 atom stereocenters. The van der Waals surface area contributed by atoms with Crippen molar-refractivity contribution < 1.29 is 4.42 Å². The molecular weight excluding hydrogens is 777 g/mol. The van der Waals surface area contributed by atoms with E-state index in [2.05, 4.69) is 225 Å². The van der Waals surface area contributed by atoms with Crippen molar-refractivity contribution in [2.75, 3.05) is 10.2 Å². The number of rotatable bonds is 7. The summed E-state index contributed by atoms with van der Waals surface area (Å²) in [6.07, 6.45) is 2.29. The zero-order valence-electron chi connectivity index (χ0n) is 37.2. The first-order chi connectivity index (χ1) is 31.1. The van der Waals surface area contributed by atoms with Gasteiger partial charge in [0, 0.05) is 61.8 Å². The fraction of sp³-hybridized carbons (Fsp3) is 0.153. The summed E-state index contributed by atoms with van der Waals surface area (Å²) in [7, 11) is 0.770. The third-order valence-corrected chi connectivity index (χ3v) is 14.3. The van der Waals surface area contributed by atoms with Crippen LogP contribution in [-0.2, 0) is 10.8 Å². The van der Waals surface area contributed by atoms with Crippen molar-refractivity contribution in [2.24, 2.45) is 0 Å². The van der Waals surface area contributed by atoms with E-state index >= 15 is 0 Å². The highest BCUT2D eigenvalue weighted by molar-refractivity contribution is 6.74. The minimum absolute atomic E-state index is 0.0281. The molecule has 4 nitrogen and oxygen atoms in total. The molecule has 8 aromatic carbocycles. The molecule has 64 heavy (non-hydrogen) atoms. The molecule has 310 valence electrons. The maximum atomic E-state index is 6.76. The van der Waals surface area contributed by atoms with Crippen molar-refractivity contribution in [1.82, 2.24) is 4.57 Å². The smallest absolute Gasteiger partial charge is 0.198 e. The van der Waals surface area contributed by atoms with Crippen LogP contribution in [0.1, 0.15) is 57.2 Å². The Hall–Kier alpha value is -7.24. The minimum Gasteiger partial charge on any atom is -0.456 e. The van der Waals surface area contributed by atoms with Crippen molar-refractivity contribution >= 4 is 79.4 Å². The number of aryl methyl sites for hydroxylation is 1. The average molecular weight is 828 g/mol. The fourth-order valence-corrected chi connectivity index (χ4v) is 10.8. The standard InChI is InChI=1S/C59H50BN3O/c1-37-25-27-40(28-26-37)61-49-24-16-15-23-43(49)44-34-52(62(41-19-11-7-12-20-41)42-21-13-8-14-22-42)55-45-33-46-47(59(4,5)30-29-58(46,2)3)35-50(45)63-51-36-54-39(31-48(51)60-56(44)57(55)63)32-53(64-54)38-17-9-6-10-18-38/h6-28,31-36,60-61H,29-30H2,1-5H3. The molecule has 1 aliphatic heterocycles. The van der Waals surface area contributed by atoms with Crippen molar-refractivity contribution in [2.45, 2.75) is 58.3 Å². The highest BCUT2D eigenvalue weighted by Gasteiger charge is 2.39. The molecule has 10 aromatic rings. The average Bonchev–Trinajstić information content (AvgIpc) is 3.89. The van der Waals surface area contributed by atoms with Crippen LogP contribution < -0.4 is 21.1 Å². The molecule has 0 amide bonds. The van der Waals surface area contributed by atoms with E-state index in [1.165, 1.54) is 66.2 Å². The first-order valence-electron chi connectivity index (χ1n) is 22.8. The first kappa shape index (κ1) is 38.4. The van der Waals surface area contributed by atoms with E-state index in [9.17, 15) is 0 Å². The van der Waals surface area contributed by atoms with Crippen LogP contribution in [0.5, 0.6) is 0 Å².